The largest absolute Gasteiger partial charge is 0.496 e. The van der Waals surface area contributed by atoms with Gasteiger partial charge in [0.2, 0.25) is 10.0 Å². The van der Waals surface area contributed by atoms with Crippen molar-refractivity contribution in [2.24, 2.45) is 10.1 Å². The number of para-hydroxylation sites is 1. The summed E-state index contributed by atoms with van der Waals surface area (Å²) in [4.78, 5) is 6.90. The predicted octanol–water partition coefficient (Wildman–Crippen LogP) is 1.84. The average Bonchev–Trinajstić information content (AvgIpc) is 3.30. The Hall–Kier alpha value is -2.62. The van der Waals surface area contributed by atoms with Gasteiger partial charge in [-0.1, -0.05) is 30.3 Å². The quantitative estimate of drug-likeness (QED) is 0.423. The second kappa shape index (κ2) is 10.6. The van der Waals surface area contributed by atoms with E-state index in [1.54, 1.807) is 26.3 Å². The fourth-order valence-corrected chi connectivity index (χ4v) is 4.34. The monoisotopic (exact) mass is 445 g/mol. The Morgan fingerprint density at radius 1 is 1.13 bits per heavy atom. The molecule has 2 aromatic carbocycles. The molecule has 0 aromatic heterocycles. The Morgan fingerprint density at radius 2 is 1.81 bits per heavy atom. The molecular formula is C22H31N5O3S. The summed E-state index contributed by atoms with van der Waals surface area (Å²) in [5.74, 6) is 1.56. The molecule has 1 atom stereocenters. The zero-order valence-corrected chi connectivity index (χ0v) is 18.9. The number of ether oxygens (including phenoxy) is 1. The highest BCUT2D eigenvalue weighted by Crippen LogP contribution is 2.31. The summed E-state index contributed by atoms with van der Waals surface area (Å²) < 4.78 is 28.4. The van der Waals surface area contributed by atoms with Crippen molar-refractivity contribution < 1.29 is 13.2 Å². The molecule has 0 saturated carbocycles. The normalized spacial score (nSPS) is 16.2. The molecule has 1 fully saturated rings. The molecule has 0 bridgehead atoms. The highest BCUT2D eigenvalue weighted by molar-refractivity contribution is 7.89. The molecule has 1 unspecified atom stereocenters. The van der Waals surface area contributed by atoms with Crippen LogP contribution < -0.4 is 20.5 Å². The van der Waals surface area contributed by atoms with Crippen LogP contribution in [-0.2, 0) is 16.6 Å². The van der Waals surface area contributed by atoms with E-state index in [1.165, 1.54) is 25.0 Å². The summed E-state index contributed by atoms with van der Waals surface area (Å²) in [7, 11) is -0.253. The van der Waals surface area contributed by atoms with E-state index < -0.39 is 10.0 Å². The summed E-state index contributed by atoms with van der Waals surface area (Å²) in [5, 5.41) is 11.9. The maximum Gasteiger partial charge on any atom is 0.238 e. The van der Waals surface area contributed by atoms with E-state index in [4.69, 9.17) is 9.88 Å². The van der Waals surface area contributed by atoms with Gasteiger partial charge < -0.3 is 15.4 Å². The first-order valence-electron chi connectivity index (χ1n) is 10.4. The lowest BCUT2D eigenvalue weighted by atomic mass is 10.0. The minimum absolute atomic E-state index is 0.101. The molecular weight excluding hydrogens is 414 g/mol. The molecule has 9 heteroatoms. The number of likely N-dealkylation sites (tertiary alicyclic amines) is 1. The summed E-state index contributed by atoms with van der Waals surface area (Å²) in [6, 6.07) is 14.8. The molecule has 1 heterocycles. The molecule has 0 spiro atoms. The highest BCUT2D eigenvalue weighted by Gasteiger charge is 2.26. The van der Waals surface area contributed by atoms with E-state index in [1.807, 2.05) is 18.2 Å². The first-order valence-corrected chi connectivity index (χ1v) is 11.9. The molecule has 168 valence electrons. The van der Waals surface area contributed by atoms with Gasteiger partial charge >= 0.3 is 0 Å². The topological polar surface area (TPSA) is 109 Å². The Bertz CT molecular complexity index is 986. The van der Waals surface area contributed by atoms with Gasteiger partial charge in [-0.05, 0) is 49.7 Å². The van der Waals surface area contributed by atoms with Crippen LogP contribution in [0.15, 0.2) is 58.4 Å². The van der Waals surface area contributed by atoms with E-state index in [0.717, 1.165) is 30.0 Å². The standard InChI is InChI=1S/C22H31N5O3S/c1-24-22(25-15-17-9-11-18(12-10-17)31(23,28)29)26-16-20(27-13-5-6-14-27)19-7-3-4-8-21(19)30-2/h3-4,7-12,20H,5-6,13-16H2,1-2H3,(H2,23,28,29)(H2,24,25,26). The van der Waals surface area contributed by atoms with Crippen molar-refractivity contribution in [3.05, 3.63) is 59.7 Å². The van der Waals surface area contributed by atoms with Gasteiger partial charge in [0.25, 0.3) is 0 Å². The van der Waals surface area contributed by atoms with E-state index >= 15 is 0 Å². The SMILES string of the molecule is CN=C(NCc1ccc(S(N)(=O)=O)cc1)NCC(c1ccccc1OC)N1CCCC1. The average molecular weight is 446 g/mol. The van der Waals surface area contributed by atoms with Crippen LogP contribution in [0.4, 0.5) is 0 Å². The first-order chi connectivity index (χ1) is 14.9. The lowest BCUT2D eigenvalue weighted by Gasteiger charge is -2.30. The number of guanidine groups is 1. The van der Waals surface area contributed by atoms with Gasteiger partial charge in [-0.15, -0.1) is 0 Å². The third-order valence-corrected chi connectivity index (χ3v) is 6.41. The maximum absolute atomic E-state index is 11.4. The van der Waals surface area contributed by atoms with Gasteiger partial charge in [-0.25, -0.2) is 13.6 Å². The second-order valence-electron chi connectivity index (χ2n) is 7.50. The number of methoxy groups -OCH3 is 1. The number of nitrogens with one attached hydrogen (secondary N) is 2. The van der Waals surface area contributed by atoms with E-state index in [2.05, 4.69) is 26.6 Å². The van der Waals surface area contributed by atoms with Crippen molar-refractivity contribution in [1.29, 1.82) is 0 Å². The molecule has 1 aliphatic heterocycles. The Kier molecular flexibility index (Phi) is 7.89. The minimum atomic E-state index is -3.69. The third kappa shape index (κ3) is 6.19. The van der Waals surface area contributed by atoms with Crippen molar-refractivity contribution in [2.75, 3.05) is 33.8 Å². The number of hydrogen-bond donors (Lipinski definition) is 3. The van der Waals surface area contributed by atoms with Crippen molar-refractivity contribution in [1.82, 2.24) is 15.5 Å². The zero-order chi connectivity index (χ0) is 22.3. The van der Waals surface area contributed by atoms with E-state index in [0.29, 0.717) is 19.0 Å². The Morgan fingerprint density at radius 3 is 2.42 bits per heavy atom. The number of aliphatic imine (C=N–C) groups is 1. The van der Waals surface area contributed by atoms with Gasteiger partial charge in [0.15, 0.2) is 5.96 Å². The fraction of sp³-hybridized carbons (Fsp3) is 0.409. The molecule has 3 rings (SSSR count). The minimum Gasteiger partial charge on any atom is -0.496 e. The molecule has 0 amide bonds. The van der Waals surface area contributed by atoms with Gasteiger partial charge in [0, 0.05) is 25.7 Å². The molecule has 0 aliphatic carbocycles. The second-order valence-corrected chi connectivity index (χ2v) is 9.06. The number of hydrogen-bond acceptors (Lipinski definition) is 5. The van der Waals surface area contributed by atoms with Crippen molar-refractivity contribution in [2.45, 2.75) is 30.3 Å². The summed E-state index contributed by atoms with van der Waals surface area (Å²) >= 11 is 0. The molecule has 1 saturated heterocycles. The predicted molar refractivity (Wildman–Crippen MR) is 123 cm³/mol. The Balaban J connectivity index is 1.64. The van der Waals surface area contributed by atoms with Crippen molar-refractivity contribution in [3.8, 4) is 5.75 Å². The molecule has 1 aliphatic rings. The maximum atomic E-state index is 11.4. The van der Waals surface area contributed by atoms with Crippen LogP contribution in [0.2, 0.25) is 0 Å². The van der Waals surface area contributed by atoms with Crippen LogP contribution in [0, 0.1) is 0 Å². The molecule has 31 heavy (non-hydrogen) atoms. The van der Waals surface area contributed by atoms with Crippen molar-refractivity contribution in [3.63, 3.8) is 0 Å². The van der Waals surface area contributed by atoms with Crippen LogP contribution in [0.25, 0.3) is 0 Å². The lowest BCUT2D eigenvalue weighted by Crippen LogP contribution is -2.42. The lowest BCUT2D eigenvalue weighted by molar-refractivity contribution is 0.239. The van der Waals surface area contributed by atoms with Gasteiger partial charge in [-0.3, -0.25) is 9.89 Å². The van der Waals surface area contributed by atoms with Gasteiger partial charge in [-0.2, -0.15) is 0 Å². The van der Waals surface area contributed by atoms with E-state index in [-0.39, 0.29) is 10.9 Å². The van der Waals surface area contributed by atoms with Crippen LogP contribution in [0.3, 0.4) is 0 Å². The van der Waals surface area contributed by atoms with E-state index in [9.17, 15) is 8.42 Å². The first kappa shape index (κ1) is 23.1. The summed E-state index contributed by atoms with van der Waals surface area (Å²) in [5.41, 5.74) is 2.09. The number of nitrogens with two attached hydrogens (primary N) is 1. The summed E-state index contributed by atoms with van der Waals surface area (Å²) in [6.07, 6.45) is 2.40. The smallest absolute Gasteiger partial charge is 0.238 e. The highest BCUT2D eigenvalue weighted by atomic mass is 32.2. The third-order valence-electron chi connectivity index (χ3n) is 5.48. The van der Waals surface area contributed by atoms with Gasteiger partial charge in [0.05, 0.1) is 18.0 Å². The number of benzene rings is 2. The van der Waals surface area contributed by atoms with Crippen molar-refractivity contribution >= 4 is 16.0 Å². The number of sulfonamides is 1. The van der Waals surface area contributed by atoms with Crippen LogP contribution in [-0.4, -0.2) is 53.1 Å². The van der Waals surface area contributed by atoms with Gasteiger partial charge in [0.1, 0.15) is 5.75 Å². The number of rotatable bonds is 8. The summed E-state index contributed by atoms with van der Waals surface area (Å²) in [6.45, 7) is 3.32. The molecule has 2 aromatic rings. The van der Waals surface area contributed by atoms with Crippen LogP contribution >= 0.6 is 0 Å². The zero-order valence-electron chi connectivity index (χ0n) is 18.0. The molecule has 8 nitrogen and oxygen atoms in total. The van der Waals surface area contributed by atoms with Crippen LogP contribution in [0.5, 0.6) is 5.75 Å². The number of nitrogens with zero attached hydrogens (tertiary/aromatic N) is 2. The number of primary sulfonamides is 1. The molecule has 4 N–H and O–H groups in total. The molecule has 0 radical (unpaired) electrons. The Labute approximate surface area is 184 Å². The fourth-order valence-electron chi connectivity index (χ4n) is 3.83. The van der Waals surface area contributed by atoms with Crippen LogP contribution in [0.1, 0.15) is 30.0 Å².